The first-order valence-electron chi connectivity index (χ1n) is 6.71. The maximum atomic E-state index is 5.45. The van der Waals surface area contributed by atoms with Gasteiger partial charge in [0.25, 0.3) is 0 Å². The number of rotatable bonds is 2. The van der Waals surface area contributed by atoms with Gasteiger partial charge >= 0.3 is 0 Å². The SMILES string of the molecule is CC[C@]1(c2ccccc2)CNC(=S)c2ccccc21. The van der Waals surface area contributed by atoms with Gasteiger partial charge < -0.3 is 5.32 Å². The Kier molecular flexibility index (Phi) is 3.11. The molecule has 0 saturated carbocycles. The van der Waals surface area contributed by atoms with E-state index in [1.165, 1.54) is 16.7 Å². The average molecular weight is 267 g/mol. The van der Waals surface area contributed by atoms with Crippen molar-refractivity contribution in [1.82, 2.24) is 5.32 Å². The molecule has 0 saturated heterocycles. The van der Waals surface area contributed by atoms with Gasteiger partial charge in [-0.1, -0.05) is 73.7 Å². The Balaban J connectivity index is 2.24. The molecule has 0 amide bonds. The summed E-state index contributed by atoms with van der Waals surface area (Å²) in [5, 5.41) is 3.41. The fraction of sp³-hybridized carbons (Fsp3) is 0.235. The van der Waals surface area contributed by atoms with E-state index >= 15 is 0 Å². The molecule has 2 heteroatoms. The van der Waals surface area contributed by atoms with Gasteiger partial charge in [0, 0.05) is 17.5 Å². The fourth-order valence-electron chi connectivity index (χ4n) is 3.05. The summed E-state index contributed by atoms with van der Waals surface area (Å²) < 4.78 is 0. The maximum absolute atomic E-state index is 5.45. The molecule has 1 N–H and O–H groups in total. The number of thiocarbonyl (C=S) groups is 1. The number of nitrogens with one attached hydrogen (secondary N) is 1. The molecule has 0 radical (unpaired) electrons. The molecule has 3 rings (SSSR count). The minimum absolute atomic E-state index is 0.0279. The van der Waals surface area contributed by atoms with E-state index in [0.29, 0.717) is 0 Å². The maximum Gasteiger partial charge on any atom is 0.106 e. The van der Waals surface area contributed by atoms with E-state index < -0.39 is 0 Å². The highest BCUT2D eigenvalue weighted by molar-refractivity contribution is 7.80. The monoisotopic (exact) mass is 267 g/mol. The van der Waals surface area contributed by atoms with Crippen LogP contribution in [-0.4, -0.2) is 11.5 Å². The van der Waals surface area contributed by atoms with Crippen molar-refractivity contribution in [3.8, 4) is 0 Å². The predicted molar refractivity (Wildman–Crippen MR) is 83.7 cm³/mol. The Hall–Kier alpha value is -1.67. The molecular weight excluding hydrogens is 250 g/mol. The van der Waals surface area contributed by atoms with Gasteiger partial charge in [-0.15, -0.1) is 0 Å². The smallest absolute Gasteiger partial charge is 0.106 e. The number of fused-ring (bicyclic) bond motifs is 1. The van der Waals surface area contributed by atoms with Crippen molar-refractivity contribution in [3.63, 3.8) is 0 Å². The summed E-state index contributed by atoms with van der Waals surface area (Å²) in [7, 11) is 0. The van der Waals surface area contributed by atoms with E-state index in [4.69, 9.17) is 12.2 Å². The van der Waals surface area contributed by atoms with Crippen molar-refractivity contribution in [2.75, 3.05) is 6.54 Å². The van der Waals surface area contributed by atoms with Crippen LogP contribution in [0.1, 0.15) is 30.0 Å². The first kappa shape index (κ1) is 12.4. The zero-order chi connectivity index (χ0) is 13.3. The zero-order valence-corrected chi connectivity index (χ0v) is 11.8. The van der Waals surface area contributed by atoms with Crippen LogP contribution in [0.5, 0.6) is 0 Å². The van der Waals surface area contributed by atoms with E-state index in [2.05, 4.69) is 66.8 Å². The van der Waals surface area contributed by atoms with Crippen molar-refractivity contribution in [1.29, 1.82) is 0 Å². The van der Waals surface area contributed by atoms with Gasteiger partial charge in [0.15, 0.2) is 0 Å². The van der Waals surface area contributed by atoms with Crippen molar-refractivity contribution in [2.45, 2.75) is 18.8 Å². The van der Waals surface area contributed by atoms with Crippen LogP contribution >= 0.6 is 12.2 Å². The largest absolute Gasteiger partial charge is 0.375 e. The summed E-state index contributed by atoms with van der Waals surface area (Å²) in [5.74, 6) is 0. The first-order valence-corrected chi connectivity index (χ1v) is 7.12. The summed E-state index contributed by atoms with van der Waals surface area (Å²) in [6.45, 7) is 3.13. The normalized spacial score (nSPS) is 21.6. The number of hydrogen-bond acceptors (Lipinski definition) is 1. The van der Waals surface area contributed by atoms with Gasteiger partial charge in [-0.05, 0) is 17.5 Å². The fourth-order valence-corrected chi connectivity index (χ4v) is 3.30. The molecule has 1 nitrogen and oxygen atoms in total. The summed E-state index contributed by atoms with van der Waals surface area (Å²) in [6.07, 6.45) is 1.06. The molecule has 0 aliphatic carbocycles. The van der Waals surface area contributed by atoms with Gasteiger partial charge in [0.1, 0.15) is 4.99 Å². The van der Waals surface area contributed by atoms with Crippen molar-refractivity contribution in [2.24, 2.45) is 0 Å². The highest BCUT2D eigenvalue weighted by atomic mass is 32.1. The van der Waals surface area contributed by atoms with Crippen LogP contribution in [0.15, 0.2) is 54.6 Å². The molecule has 1 heterocycles. The van der Waals surface area contributed by atoms with Crippen LogP contribution in [0.25, 0.3) is 0 Å². The molecule has 1 atom stereocenters. The van der Waals surface area contributed by atoms with Crippen molar-refractivity contribution in [3.05, 3.63) is 71.3 Å². The minimum atomic E-state index is 0.0279. The third-order valence-electron chi connectivity index (χ3n) is 4.17. The van der Waals surface area contributed by atoms with Crippen molar-refractivity contribution >= 4 is 17.2 Å². The van der Waals surface area contributed by atoms with Gasteiger partial charge in [-0.3, -0.25) is 0 Å². The third-order valence-corrected chi connectivity index (χ3v) is 4.53. The topological polar surface area (TPSA) is 12.0 Å². The molecular formula is C17H17NS. The lowest BCUT2D eigenvalue weighted by atomic mass is 9.69. The van der Waals surface area contributed by atoms with Gasteiger partial charge in [-0.25, -0.2) is 0 Å². The highest BCUT2D eigenvalue weighted by Gasteiger charge is 2.37. The van der Waals surface area contributed by atoms with Gasteiger partial charge in [-0.2, -0.15) is 0 Å². The molecule has 19 heavy (non-hydrogen) atoms. The number of hydrogen-bond donors (Lipinski definition) is 1. The van der Waals surface area contributed by atoms with E-state index in [-0.39, 0.29) is 5.41 Å². The van der Waals surface area contributed by atoms with Crippen molar-refractivity contribution < 1.29 is 0 Å². The molecule has 2 aromatic carbocycles. The van der Waals surface area contributed by atoms with Crippen LogP contribution < -0.4 is 5.32 Å². The lowest BCUT2D eigenvalue weighted by Gasteiger charge is -2.40. The van der Waals surface area contributed by atoms with E-state index in [0.717, 1.165) is 18.0 Å². The predicted octanol–water partition coefficient (Wildman–Crippen LogP) is 3.66. The summed E-state index contributed by atoms with van der Waals surface area (Å²) >= 11 is 5.45. The molecule has 0 unspecified atom stereocenters. The summed E-state index contributed by atoms with van der Waals surface area (Å²) in [5.41, 5.74) is 3.92. The summed E-state index contributed by atoms with van der Waals surface area (Å²) in [4.78, 5) is 0.871. The van der Waals surface area contributed by atoms with Crippen LogP contribution in [0.2, 0.25) is 0 Å². The van der Waals surface area contributed by atoms with Gasteiger partial charge in [0.05, 0.1) is 0 Å². The second-order valence-corrected chi connectivity index (χ2v) is 5.44. The van der Waals surface area contributed by atoms with Crippen LogP contribution in [0.4, 0.5) is 0 Å². The average Bonchev–Trinajstić information content (AvgIpc) is 2.49. The third kappa shape index (κ3) is 1.87. The molecule has 0 fully saturated rings. The Labute approximate surface area is 119 Å². The standard InChI is InChI=1S/C17H17NS/c1-2-17(13-8-4-3-5-9-13)12-18-16(19)14-10-6-7-11-15(14)17/h3-11H,2,12H2,1H3,(H,18,19)/t17-/m1/s1. The van der Waals surface area contributed by atoms with Crippen LogP contribution in [0.3, 0.4) is 0 Å². The van der Waals surface area contributed by atoms with Crippen LogP contribution in [-0.2, 0) is 5.41 Å². The van der Waals surface area contributed by atoms with Crippen LogP contribution in [0, 0.1) is 0 Å². The first-order chi connectivity index (χ1) is 9.28. The molecule has 0 bridgehead atoms. The highest BCUT2D eigenvalue weighted by Crippen LogP contribution is 2.39. The summed E-state index contributed by atoms with van der Waals surface area (Å²) in [6, 6.07) is 19.2. The second-order valence-electron chi connectivity index (χ2n) is 5.03. The lowest BCUT2D eigenvalue weighted by Crippen LogP contribution is -2.46. The lowest BCUT2D eigenvalue weighted by molar-refractivity contribution is 0.476. The Bertz CT molecular complexity index is 606. The molecule has 96 valence electrons. The Morgan fingerprint density at radius 2 is 1.74 bits per heavy atom. The molecule has 0 spiro atoms. The second kappa shape index (κ2) is 4.78. The van der Waals surface area contributed by atoms with Gasteiger partial charge in [0.2, 0.25) is 0 Å². The van der Waals surface area contributed by atoms with E-state index in [9.17, 15) is 0 Å². The minimum Gasteiger partial charge on any atom is -0.375 e. The molecule has 0 aromatic heterocycles. The molecule has 1 aliphatic rings. The zero-order valence-electron chi connectivity index (χ0n) is 11.0. The molecule has 1 aliphatic heterocycles. The Morgan fingerprint density at radius 3 is 2.47 bits per heavy atom. The quantitative estimate of drug-likeness (QED) is 0.833. The van der Waals surface area contributed by atoms with E-state index in [1.807, 2.05) is 0 Å². The number of benzene rings is 2. The van der Waals surface area contributed by atoms with E-state index in [1.54, 1.807) is 0 Å². The molecule has 2 aromatic rings. The Morgan fingerprint density at radius 1 is 1.05 bits per heavy atom.